The van der Waals surface area contributed by atoms with E-state index in [0.29, 0.717) is 6.54 Å². The molecule has 3 heteroatoms. The summed E-state index contributed by atoms with van der Waals surface area (Å²) in [6.07, 6.45) is 2.42. The lowest BCUT2D eigenvalue weighted by Crippen LogP contribution is -2.43. The Morgan fingerprint density at radius 1 is 1.27 bits per heavy atom. The average molecular weight is 216 g/mol. The van der Waals surface area contributed by atoms with Gasteiger partial charge in [0.15, 0.2) is 0 Å². The molecule has 0 aliphatic carbocycles. The van der Waals surface area contributed by atoms with E-state index in [-0.39, 0.29) is 12.2 Å². The van der Waals surface area contributed by atoms with Gasteiger partial charge in [-0.25, -0.2) is 4.39 Å². The number of nitrogens with one attached hydrogen (secondary N) is 1. The molecule has 15 heavy (non-hydrogen) atoms. The monoisotopic (exact) mass is 216 g/mol. The van der Waals surface area contributed by atoms with Gasteiger partial charge in [0, 0.05) is 12.1 Å². The zero-order valence-electron chi connectivity index (χ0n) is 10.4. The largest absolute Gasteiger partial charge is 0.312 e. The number of rotatable bonds is 4. The van der Waals surface area contributed by atoms with Gasteiger partial charge >= 0.3 is 0 Å². The maximum absolute atomic E-state index is 12.1. The van der Waals surface area contributed by atoms with Gasteiger partial charge in [-0.1, -0.05) is 0 Å². The molecular weight excluding hydrogens is 191 g/mol. The molecule has 0 atom stereocenters. The zero-order chi connectivity index (χ0) is 11.3. The Labute approximate surface area is 93.2 Å². The van der Waals surface area contributed by atoms with E-state index in [2.05, 4.69) is 31.0 Å². The second-order valence-corrected chi connectivity index (χ2v) is 5.60. The quantitative estimate of drug-likeness (QED) is 0.774. The molecule has 0 unspecified atom stereocenters. The molecule has 0 amide bonds. The molecule has 1 aliphatic rings. The Kier molecular flexibility index (Phi) is 5.00. The Hall–Kier alpha value is -0.150. The highest BCUT2D eigenvalue weighted by Crippen LogP contribution is 2.16. The van der Waals surface area contributed by atoms with Crippen LogP contribution in [0.1, 0.15) is 33.6 Å². The number of nitrogens with zero attached hydrogens (tertiary/aromatic N) is 1. The molecule has 0 radical (unpaired) electrons. The first-order chi connectivity index (χ1) is 7.01. The van der Waals surface area contributed by atoms with Gasteiger partial charge in [0.2, 0.25) is 0 Å². The standard InChI is InChI=1S/C12H25FN2/c1-12(2,3)14-10-11-4-7-15(8-5-11)9-6-13/h11,14H,4-10H2,1-3H3. The van der Waals surface area contributed by atoms with Crippen molar-refractivity contribution in [2.75, 3.05) is 32.9 Å². The second-order valence-electron chi connectivity index (χ2n) is 5.60. The summed E-state index contributed by atoms with van der Waals surface area (Å²) in [5.41, 5.74) is 0.218. The first-order valence-corrected chi connectivity index (χ1v) is 6.04. The van der Waals surface area contributed by atoms with Crippen LogP contribution in [-0.2, 0) is 0 Å². The van der Waals surface area contributed by atoms with Crippen LogP contribution in [0.15, 0.2) is 0 Å². The molecule has 0 bridgehead atoms. The van der Waals surface area contributed by atoms with Crippen LogP contribution >= 0.6 is 0 Å². The zero-order valence-corrected chi connectivity index (χ0v) is 10.4. The summed E-state index contributed by atoms with van der Waals surface area (Å²) in [5.74, 6) is 0.778. The van der Waals surface area contributed by atoms with Gasteiger partial charge < -0.3 is 10.2 Å². The summed E-state index contributed by atoms with van der Waals surface area (Å²) in [4.78, 5) is 2.23. The molecule has 1 saturated heterocycles. The fourth-order valence-corrected chi connectivity index (χ4v) is 1.98. The Bertz CT molecular complexity index is 169. The topological polar surface area (TPSA) is 15.3 Å². The molecule has 1 aliphatic heterocycles. The van der Waals surface area contributed by atoms with Gasteiger partial charge in [-0.05, 0) is 59.2 Å². The minimum Gasteiger partial charge on any atom is -0.312 e. The molecule has 0 saturated carbocycles. The van der Waals surface area contributed by atoms with E-state index in [9.17, 15) is 4.39 Å². The van der Waals surface area contributed by atoms with Crippen LogP contribution < -0.4 is 5.32 Å². The highest BCUT2D eigenvalue weighted by atomic mass is 19.1. The van der Waals surface area contributed by atoms with Gasteiger partial charge in [-0.15, -0.1) is 0 Å². The van der Waals surface area contributed by atoms with Crippen LogP contribution in [0, 0.1) is 5.92 Å². The summed E-state index contributed by atoms with van der Waals surface area (Å²) < 4.78 is 12.1. The third kappa shape index (κ3) is 5.47. The van der Waals surface area contributed by atoms with Gasteiger partial charge in [-0.3, -0.25) is 0 Å². The number of alkyl halides is 1. The minimum atomic E-state index is -0.203. The van der Waals surface area contributed by atoms with Gasteiger partial charge in [0.05, 0.1) is 0 Å². The molecule has 1 fully saturated rings. The maximum atomic E-state index is 12.1. The van der Waals surface area contributed by atoms with E-state index < -0.39 is 0 Å². The van der Waals surface area contributed by atoms with Crippen LogP contribution in [0.3, 0.4) is 0 Å². The van der Waals surface area contributed by atoms with E-state index in [1.807, 2.05) is 0 Å². The van der Waals surface area contributed by atoms with Crippen molar-refractivity contribution in [1.82, 2.24) is 10.2 Å². The summed E-state index contributed by atoms with van der Waals surface area (Å²) in [6.45, 7) is 10.3. The molecule has 90 valence electrons. The molecule has 0 aromatic carbocycles. The fourth-order valence-electron chi connectivity index (χ4n) is 1.98. The van der Waals surface area contributed by atoms with E-state index in [4.69, 9.17) is 0 Å². The first kappa shape index (κ1) is 12.9. The molecule has 1 heterocycles. The Morgan fingerprint density at radius 3 is 2.33 bits per heavy atom. The summed E-state index contributed by atoms with van der Waals surface area (Å²) >= 11 is 0. The summed E-state index contributed by atoms with van der Waals surface area (Å²) in [6, 6.07) is 0. The maximum Gasteiger partial charge on any atom is 0.102 e. The summed E-state index contributed by atoms with van der Waals surface area (Å²) in [7, 11) is 0. The van der Waals surface area contributed by atoms with Crippen molar-refractivity contribution in [3.05, 3.63) is 0 Å². The molecule has 0 aromatic heterocycles. The lowest BCUT2D eigenvalue weighted by atomic mass is 9.95. The number of piperidine rings is 1. The van der Waals surface area contributed by atoms with Crippen molar-refractivity contribution in [1.29, 1.82) is 0 Å². The van der Waals surface area contributed by atoms with Crippen LogP contribution in [0.25, 0.3) is 0 Å². The van der Waals surface area contributed by atoms with E-state index in [1.54, 1.807) is 0 Å². The summed E-state index contributed by atoms with van der Waals surface area (Å²) in [5, 5.41) is 3.55. The Balaban J connectivity index is 2.15. The smallest absolute Gasteiger partial charge is 0.102 e. The number of likely N-dealkylation sites (tertiary alicyclic amines) is 1. The van der Waals surface area contributed by atoms with Crippen LogP contribution in [0.4, 0.5) is 4.39 Å². The van der Waals surface area contributed by atoms with Crippen molar-refractivity contribution in [3.63, 3.8) is 0 Å². The van der Waals surface area contributed by atoms with E-state index >= 15 is 0 Å². The van der Waals surface area contributed by atoms with Gasteiger partial charge in [0.1, 0.15) is 6.67 Å². The molecule has 1 N–H and O–H groups in total. The van der Waals surface area contributed by atoms with Crippen molar-refractivity contribution in [2.45, 2.75) is 39.2 Å². The molecule has 1 rings (SSSR count). The Morgan fingerprint density at radius 2 is 1.87 bits per heavy atom. The number of halogens is 1. The van der Waals surface area contributed by atoms with E-state index in [0.717, 1.165) is 25.6 Å². The van der Waals surface area contributed by atoms with Crippen molar-refractivity contribution < 1.29 is 4.39 Å². The third-order valence-corrected chi connectivity index (χ3v) is 3.03. The number of hydrogen-bond acceptors (Lipinski definition) is 2. The SMILES string of the molecule is CC(C)(C)NCC1CCN(CCF)CC1. The normalized spacial score (nSPS) is 20.8. The minimum absolute atomic E-state index is 0.203. The second kappa shape index (κ2) is 5.80. The van der Waals surface area contributed by atoms with Crippen molar-refractivity contribution in [2.24, 2.45) is 5.92 Å². The van der Waals surface area contributed by atoms with Crippen LogP contribution in [0.2, 0.25) is 0 Å². The molecule has 0 aromatic rings. The molecule has 0 spiro atoms. The van der Waals surface area contributed by atoms with Gasteiger partial charge in [0.25, 0.3) is 0 Å². The van der Waals surface area contributed by atoms with Gasteiger partial charge in [-0.2, -0.15) is 0 Å². The molecular formula is C12H25FN2. The highest BCUT2D eigenvalue weighted by Gasteiger charge is 2.20. The predicted molar refractivity (Wildman–Crippen MR) is 62.9 cm³/mol. The van der Waals surface area contributed by atoms with Crippen LogP contribution in [0.5, 0.6) is 0 Å². The highest BCUT2D eigenvalue weighted by molar-refractivity contribution is 4.77. The van der Waals surface area contributed by atoms with Crippen LogP contribution in [-0.4, -0.2) is 43.3 Å². The number of hydrogen-bond donors (Lipinski definition) is 1. The first-order valence-electron chi connectivity index (χ1n) is 6.04. The average Bonchev–Trinajstić information content (AvgIpc) is 2.16. The fraction of sp³-hybridized carbons (Fsp3) is 1.00. The molecule has 2 nitrogen and oxygen atoms in total. The third-order valence-electron chi connectivity index (χ3n) is 3.03. The van der Waals surface area contributed by atoms with Crippen molar-refractivity contribution in [3.8, 4) is 0 Å². The lowest BCUT2D eigenvalue weighted by molar-refractivity contribution is 0.166. The predicted octanol–water partition coefficient (Wildman–Crippen LogP) is 2.06. The van der Waals surface area contributed by atoms with Crippen molar-refractivity contribution >= 4 is 0 Å². The van der Waals surface area contributed by atoms with E-state index in [1.165, 1.54) is 12.8 Å². The lowest BCUT2D eigenvalue weighted by Gasteiger charge is -2.33.